The van der Waals surface area contributed by atoms with Gasteiger partial charge in [0, 0.05) is 31.7 Å². The van der Waals surface area contributed by atoms with E-state index in [0.717, 1.165) is 0 Å². The molecule has 1 N–H and O–H groups in total. The Kier molecular flexibility index (Phi) is 4.69. The van der Waals surface area contributed by atoms with Gasteiger partial charge in [0.05, 0.1) is 41.9 Å². The van der Waals surface area contributed by atoms with Gasteiger partial charge in [-0.3, -0.25) is 4.79 Å². The van der Waals surface area contributed by atoms with E-state index in [1.54, 1.807) is 6.07 Å². The summed E-state index contributed by atoms with van der Waals surface area (Å²) in [5.41, 5.74) is 0.498. The van der Waals surface area contributed by atoms with Gasteiger partial charge in [-0.15, -0.1) is 0 Å². The predicted molar refractivity (Wildman–Crippen MR) is 97.1 cm³/mol. The third-order valence-corrected chi connectivity index (χ3v) is 5.22. The molecule has 28 heavy (non-hydrogen) atoms. The Labute approximate surface area is 161 Å². The third-order valence-electron chi connectivity index (χ3n) is 5.22. The maximum Gasteiger partial charge on any atom is 0.276 e. The van der Waals surface area contributed by atoms with Crippen molar-refractivity contribution in [3.63, 3.8) is 0 Å². The molecule has 148 valence electrons. The van der Waals surface area contributed by atoms with Gasteiger partial charge in [0.15, 0.2) is 11.5 Å². The summed E-state index contributed by atoms with van der Waals surface area (Å²) < 4.78 is 26.2. The Bertz CT molecular complexity index is 953. The van der Waals surface area contributed by atoms with Crippen molar-refractivity contribution in [3.05, 3.63) is 23.1 Å². The second-order valence-corrected chi connectivity index (χ2v) is 7.46. The van der Waals surface area contributed by atoms with Crippen LogP contribution in [-0.2, 0) is 11.3 Å². The lowest BCUT2D eigenvalue weighted by Crippen LogP contribution is -2.49. The van der Waals surface area contributed by atoms with Crippen LogP contribution < -0.4 is 4.90 Å². The fraction of sp³-hybridized carbons (Fsp3) is 0.526. The van der Waals surface area contributed by atoms with Gasteiger partial charge in [-0.05, 0) is 19.9 Å². The van der Waals surface area contributed by atoms with E-state index in [2.05, 4.69) is 11.2 Å². The Morgan fingerprint density at radius 3 is 2.64 bits per heavy atom. The molecule has 3 heterocycles. The Balaban J connectivity index is 1.73. The van der Waals surface area contributed by atoms with E-state index in [1.165, 1.54) is 4.90 Å². The maximum atomic E-state index is 15.4. The number of amides is 1. The van der Waals surface area contributed by atoms with Gasteiger partial charge >= 0.3 is 0 Å². The number of fused-ring (bicyclic) bond motifs is 1. The molecule has 0 aliphatic carbocycles. The highest BCUT2D eigenvalue weighted by molar-refractivity contribution is 6.05. The van der Waals surface area contributed by atoms with Crippen LogP contribution in [0, 0.1) is 23.1 Å². The molecule has 8 nitrogen and oxygen atoms in total. The van der Waals surface area contributed by atoms with Crippen LogP contribution in [0.25, 0.3) is 11.0 Å². The average molecular weight is 388 g/mol. The van der Waals surface area contributed by atoms with Crippen LogP contribution >= 0.6 is 0 Å². The maximum absolute atomic E-state index is 15.4. The SMILES string of the molecule is C[C@@H]1CN(c2c(CO)cc3c(C(=O)N4CC(C#N)C4)noc3c2F)C[C@H](C)O1. The minimum atomic E-state index is -0.645. The molecule has 2 atom stereocenters. The van der Waals surface area contributed by atoms with Crippen LogP contribution in [0.5, 0.6) is 0 Å². The number of ether oxygens (including phenoxy) is 1. The number of rotatable bonds is 3. The number of nitrogens with zero attached hydrogens (tertiary/aromatic N) is 4. The second kappa shape index (κ2) is 7.04. The molecule has 1 amide bonds. The van der Waals surface area contributed by atoms with E-state index in [1.807, 2.05) is 18.7 Å². The zero-order valence-corrected chi connectivity index (χ0v) is 15.7. The Hall–Kier alpha value is -2.70. The van der Waals surface area contributed by atoms with E-state index in [-0.39, 0.29) is 47.1 Å². The number of aromatic nitrogens is 1. The summed E-state index contributed by atoms with van der Waals surface area (Å²) in [5, 5.41) is 22.7. The number of aliphatic hydroxyl groups is 1. The Morgan fingerprint density at radius 2 is 2.04 bits per heavy atom. The van der Waals surface area contributed by atoms with Gasteiger partial charge in [-0.1, -0.05) is 5.16 Å². The van der Waals surface area contributed by atoms with E-state index >= 15 is 4.39 Å². The number of anilines is 1. The number of carbonyl (C=O) groups excluding carboxylic acids is 1. The molecule has 2 aliphatic heterocycles. The number of likely N-dealkylation sites (tertiary alicyclic amines) is 1. The molecule has 2 aliphatic rings. The number of halogens is 1. The molecule has 4 rings (SSSR count). The molecule has 1 aromatic heterocycles. The van der Waals surface area contributed by atoms with Crippen molar-refractivity contribution < 1.29 is 23.6 Å². The fourth-order valence-electron chi connectivity index (χ4n) is 3.93. The zero-order chi connectivity index (χ0) is 20.0. The lowest BCUT2D eigenvalue weighted by Gasteiger charge is -2.37. The third kappa shape index (κ3) is 2.99. The van der Waals surface area contributed by atoms with E-state index in [9.17, 15) is 9.90 Å². The summed E-state index contributed by atoms with van der Waals surface area (Å²) in [5.74, 6) is -1.24. The highest BCUT2D eigenvalue weighted by atomic mass is 19.1. The summed E-state index contributed by atoms with van der Waals surface area (Å²) in [7, 11) is 0. The van der Waals surface area contributed by atoms with Crippen LogP contribution in [0.15, 0.2) is 10.6 Å². The number of nitriles is 1. The number of benzene rings is 1. The van der Waals surface area contributed by atoms with Crippen LogP contribution in [-0.4, -0.2) is 59.5 Å². The van der Waals surface area contributed by atoms with Gasteiger partial charge in [0.2, 0.25) is 5.58 Å². The first-order chi connectivity index (χ1) is 13.4. The second-order valence-electron chi connectivity index (χ2n) is 7.46. The van der Waals surface area contributed by atoms with Crippen molar-refractivity contribution in [2.45, 2.75) is 32.7 Å². The number of hydrogen-bond donors (Lipinski definition) is 1. The largest absolute Gasteiger partial charge is 0.392 e. The van der Waals surface area contributed by atoms with Crippen LogP contribution in [0.1, 0.15) is 29.9 Å². The van der Waals surface area contributed by atoms with Crippen molar-refractivity contribution in [1.29, 1.82) is 5.26 Å². The van der Waals surface area contributed by atoms with Crippen molar-refractivity contribution in [2.75, 3.05) is 31.1 Å². The molecular formula is C19H21FN4O4. The molecule has 0 radical (unpaired) electrons. The van der Waals surface area contributed by atoms with Gasteiger partial charge in [0.1, 0.15) is 0 Å². The van der Waals surface area contributed by atoms with E-state index in [4.69, 9.17) is 14.5 Å². The van der Waals surface area contributed by atoms with Crippen LogP contribution in [0.4, 0.5) is 10.1 Å². The van der Waals surface area contributed by atoms with E-state index in [0.29, 0.717) is 31.7 Å². The van der Waals surface area contributed by atoms with Crippen LogP contribution in [0.2, 0.25) is 0 Å². The average Bonchev–Trinajstić information content (AvgIpc) is 3.03. The zero-order valence-electron chi connectivity index (χ0n) is 15.7. The quantitative estimate of drug-likeness (QED) is 0.853. The van der Waals surface area contributed by atoms with Crippen molar-refractivity contribution in [3.8, 4) is 6.07 Å². The molecule has 0 saturated carbocycles. The minimum Gasteiger partial charge on any atom is -0.392 e. The molecule has 9 heteroatoms. The lowest BCUT2D eigenvalue weighted by molar-refractivity contribution is -0.00550. The first kappa shape index (κ1) is 18.7. The minimum absolute atomic E-state index is 0.00439. The van der Waals surface area contributed by atoms with Gasteiger partial charge in [0.25, 0.3) is 5.91 Å². The first-order valence-corrected chi connectivity index (χ1v) is 9.23. The highest BCUT2D eigenvalue weighted by Crippen LogP contribution is 2.35. The van der Waals surface area contributed by atoms with Crippen molar-refractivity contribution >= 4 is 22.6 Å². The summed E-state index contributed by atoms with van der Waals surface area (Å²) in [6.45, 7) is 5.02. The van der Waals surface area contributed by atoms with Gasteiger partial charge < -0.3 is 24.2 Å². The van der Waals surface area contributed by atoms with Gasteiger partial charge in [-0.2, -0.15) is 5.26 Å². The van der Waals surface area contributed by atoms with Crippen molar-refractivity contribution in [1.82, 2.24) is 10.1 Å². The summed E-state index contributed by atoms with van der Waals surface area (Å²) >= 11 is 0. The van der Waals surface area contributed by atoms with Crippen LogP contribution in [0.3, 0.4) is 0 Å². The number of aliphatic hydroxyl groups excluding tert-OH is 1. The number of hydrogen-bond acceptors (Lipinski definition) is 7. The summed E-state index contributed by atoms with van der Waals surface area (Å²) in [6.07, 6.45) is -0.173. The highest BCUT2D eigenvalue weighted by Gasteiger charge is 2.35. The number of morpholine rings is 1. The molecule has 0 spiro atoms. The van der Waals surface area contributed by atoms with Crippen molar-refractivity contribution in [2.24, 2.45) is 5.92 Å². The standard InChI is InChI=1S/C19H21FN4O4/c1-10-5-23(6-11(2)27-10)17-13(9-25)3-14-16(22-28-18(14)15(17)20)19(26)24-7-12(4-21)8-24/h3,10-12,25H,5-9H2,1-2H3/t10-,11+. The molecular weight excluding hydrogens is 367 g/mol. The fourth-order valence-corrected chi connectivity index (χ4v) is 3.93. The number of carbonyl (C=O) groups is 1. The summed E-state index contributed by atoms with van der Waals surface area (Å²) in [4.78, 5) is 15.9. The molecule has 2 aromatic rings. The first-order valence-electron chi connectivity index (χ1n) is 9.23. The molecule has 2 saturated heterocycles. The summed E-state index contributed by atoms with van der Waals surface area (Å²) in [6, 6.07) is 3.66. The molecule has 0 unspecified atom stereocenters. The lowest BCUT2D eigenvalue weighted by atomic mass is 10.0. The monoisotopic (exact) mass is 388 g/mol. The normalized spacial score (nSPS) is 23.0. The molecule has 1 aromatic carbocycles. The Morgan fingerprint density at radius 1 is 1.36 bits per heavy atom. The smallest absolute Gasteiger partial charge is 0.276 e. The van der Waals surface area contributed by atoms with E-state index < -0.39 is 11.7 Å². The van der Waals surface area contributed by atoms with Gasteiger partial charge in [-0.25, -0.2) is 4.39 Å². The topological polar surface area (TPSA) is 103 Å². The predicted octanol–water partition coefficient (Wildman–Crippen LogP) is 1.67. The molecule has 0 bridgehead atoms. The molecule has 2 fully saturated rings.